The lowest BCUT2D eigenvalue weighted by Crippen LogP contribution is -2.25. The van der Waals surface area contributed by atoms with Crippen LogP contribution in [0.1, 0.15) is 18.4 Å². The van der Waals surface area contributed by atoms with Gasteiger partial charge < -0.3 is 0 Å². The highest BCUT2D eigenvalue weighted by atomic mass is 35.5. The van der Waals surface area contributed by atoms with Gasteiger partial charge in [-0.1, -0.05) is 29.3 Å². The van der Waals surface area contributed by atoms with Crippen LogP contribution in [0.25, 0.3) is 0 Å². The fraction of sp³-hybridized carbons (Fsp3) is 0.417. The Kier molecular flexibility index (Phi) is 5.75. The van der Waals surface area contributed by atoms with Gasteiger partial charge in [0, 0.05) is 13.5 Å². The molecule has 1 amide bonds. The van der Waals surface area contributed by atoms with E-state index in [0.29, 0.717) is 16.5 Å². The topological polar surface area (TPSA) is 29.5 Å². The van der Waals surface area contributed by atoms with Crippen LogP contribution >= 0.6 is 23.2 Å². The first-order valence-corrected chi connectivity index (χ1v) is 6.04. The summed E-state index contributed by atoms with van der Waals surface area (Å²) in [6.07, 6.45) is 2.00. The van der Waals surface area contributed by atoms with Gasteiger partial charge in [0.2, 0.25) is 5.91 Å². The molecule has 0 radical (unpaired) electrons. The first-order chi connectivity index (χ1) is 8.04. The molecular weight excluding hydrogens is 261 g/mol. The Balaban J connectivity index is 2.41. The van der Waals surface area contributed by atoms with E-state index in [2.05, 4.69) is 0 Å². The number of carbonyl (C=O) groups excluding carboxylic acids is 1. The number of benzene rings is 1. The summed E-state index contributed by atoms with van der Waals surface area (Å²) in [7, 11) is 3.07. The van der Waals surface area contributed by atoms with Gasteiger partial charge in [-0.2, -0.15) is 0 Å². The molecule has 17 heavy (non-hydrogen) atoms. The number of hydrogen-bond acceptors (Lipinski definition) is 2. The smallest absolute Gasteiger partial charge is 0.245 e. The number of halogens is 2. The molecule has 0 aliphatic heterocycles. The number of aryl methyl sites for hydroxylation is 1. The van der Waals surface area contributed by atoms with E-state index in [0.717, 1.165) is 18.4 Å². The van der Waals surface area contributed by atoms with Crippen LogP contribution in [0.2, 0.25) is 10.0 Å². The second-order valence-electron chi connectivity index (χ2n) is 3.68. The van der Waals surface area contributed by atoms with E-state index >= 15 is 0 Å². The van der Waals surface area contributed by atoms with E-state index in [9.17, 15) is 4.79 Å². The standard InChI is InChI=1S/C12H15Cl2NO2/c1-15(17-2)12(16)5-3-4-9-6-7-10(13)11(14)8-9/h6-8H,3-5H2,1-2H3. The summed E-state index contributed by atoms with van der Waals surface area (Å²) in [5.41, 5.74) is 1.08. The van der Waals surface area contributed by atoms with Crippen LogP contribution < -0.4 is 0 Å². The van der Waals surface area contributed by atoms with Gasteiger partial charge in [-0.05, 0) is 30.5 Å². The molecule has 0 saturated heterocycles. The van der Waals surface area contributed by atoms with Crippen LogP contribution in [-0.2, 0) is 16.1 Å². The molecule has 0 bridgehead atoms. The van der Waals surface area contributed by atoms with Crippen molar-refractivity contribution < 1.29 is 9.63 Å². The van der Waals surface area contributed by atoms with E-state index in [1.165, 1.54) is 12.2 Å². The lowest BCUT2D eigenvalue weighted by atomic mass is 10.1. The summed E-state index contributed by atoms with van der Waals surface area (Å²) in [5.74, 6) is -0.0347. The van der Waals surface area contributed by atoms with Crippen molar-refractivity contribution in [3.8, 4) is 0 Å². The molecular formula is C12H15Cl2NO2. The van der Waals surface area contributed by atoms with Crippen molar-refractivity contribution in [3.05, 3.63) is 33.8 Å². The van der Waals surface area contributed by atoms with E-state index < -0.39 is 0 Å². The predicted octanol–water partition coefficient (Wildman–Crippen LogP) is 3.34. The monoisotopic (exact) mass is 275 g/mol. The molecule has 0 heterocycles. The van der Waals surface area contributed by atoms with Crippen molar-refractivity contribution >= 4 is 29.1 Å². The van der Waals surface area contributed by atoms with Gasteiger partial charge in [0.05, 0.1) is 17.2 Å². The maximum atomic E-state index is 11.4. The van der Waals surface area contributed by atoms with Crippen LogP contribution in [0.15, 0.2) is 18.2 Å². The third-order valence-corrected chi connectivity index (χ3v) is 3.20. The van der Waals surface area contributed by atoms with Gasteiger partial charge in [0.15, 0.2) is 0 Å². The number of rotatable bonds is 5. The lowest BCUT2D eigenvalue weighted by Gasteiger charge is -2.13. The average molecular weight is 276 g/mol. The van der Waals surface area contributed by atoms with Crippen molar-refractivity contribution in [2.24, 2.45) is 0 Å². The molecule has 3 nitrogen and oxygen atoms in total. The van der Waals surface area contributed by atoms with Crippen molar-refractivity contribution in [1.29, 1.82) is 0 Å². The number of amides is 1. The van der Waals surface area contributed by atoms with Crippen LogP contribution in [-0.4, -0.2) is 25.1 Å². The number of carbonyl (C=O) groups is 1. The Morgan fingerprint density at radius 3 is 2.65 bits per heavy atom. The molecule has 0 aliphatic rings. The van der Waals surface area contributed by atoms with Crippen LogP contribution in [0, 0.1) is 0 Å². The summed E-state index contributed by atoms with van der Waals surface area (Å²) < 4.78 is 0. The zero-order chi connectivity index (χ0) is 12.8. The van der Waals surface area contributed by atoms with Crippen LogP contribution in [0.3, 0.4) is 0 Å². The Hall–Kier alpha value is -0.770. The first-order valence-electron chi connectivity index (χ1n) is 5.29. The third kappa shape index (κ3) is 4.54. The Bertz CT molecular complexity index is 396. The number of hydroxylamine groups is 2. The van der Waals surface area contributed by atoms with Crippen molar-refractivity contribution in [3.63, 3.8) is 0 Å². The molecule has 5 heteroatoms. The largest absolute Gasteiger partial charge is 0.275 e. The van der Waals surface area contributed by atoms with Gasteiger partial charge in [0.25, 0.3) is 0 Å². The quantitative estimate of drug-likeness (QED) is 0.772. The predicted molar refractivity (Wildman–Crippen MR) is 69.2 cm³/mol. The molecule has 0 atom stereocenters. The van der Waals surface area contributed by atoms with Gasteiger partial charge in [-0.3, -0.25) is 9.63 Å². The first kappa shape index (κ1) is 14.3. The normalized spacial score (nSPS) is 10.4. The zero-order valence-electron chi connectivity index (χ0n) is 9.87. The zero-order valence-corrected chi connectivity index (χ0v) is 11.4. The molecule has 0 unspecified atom stereocenters. The van der Waals surface area contributed by atoms with E-state index in [1.54, 1.807) is 13.1 Å². The van der Waals surface area contributed by atoms with E-state index in [-0.39, 0.29) is 5.91 Å². The Morgan fingerprint density at radius 2 is 2.06 bits per heavy atom. The average Bonchev–Trinajstić information content (AvgIpc) is 2.32. The SMILES string of the molecule is CON(C)C(=O)CCCc1ccc(Cl)c(Cl)c1. The van der Waals surface area contributed by atoms with Crippen LogP contribution in [0.5, 0.6) is 0 Å². The third-order valence-electron chi connectivity index (χ3n) is 2.47. The Labute approximate surface area is 111 Å². The summed E-state index contributed by atoms with van der Waals surface area (Å²) in [6.45, 7) is 0. The summed E-state index contributed by atoms with van der Waals surface area (Å²) >= 11 is 11.7. The van der Waals surface area contributed by atoms with Gasteiger partial charge in [-0.25, -0.2) is 5.06 Å². The molecule has 0 aromatic heterocycles. The molecule has 0 fully saturated rings. The van der Waals surface area contributed by atoms with Gasteiger partial charge >= 0.3 is 0 Å². The fourth-order valence-corrected chi connectivity index (χ4v) is 1.72. The molecule has 0 N–H and O–H groups in total. The van der Waals surface area contributed by atoms with E-state index in [4.69, 9.17) is 28.0 Å². The lowest BCUT2D eigenvalue weighted by molar-refractivity contribution is -0.168. The number of nitrogens with zero attached hydrogens (tertiary/aromatic N) is 1. The maximum absolute atomic E-state index is 11.4. The van der Waals surface area contributed by atoms with Crippen molar-refractivity contribution in [1.82, 2.24) is 5.06 Å². The van der Waals surface area contributed by atoms with Crippen LogP contribution in [0.4, 0.5) is 0 Å². The van der Waals surface area contributed by atoms with Crippen molar-refractivity contribution in [2.75, 3.05) is 14.2 Å². The summed E-state index contributed by atoms with van der Waals surface area (Å²) in [6, 6.07) is 5.51. The second kappa shape index (κ2) is 6.84. The molecule has 1 aromatic rings. The minimum Gasteiger partial charge on any atom is -0.275 e. The minimum absolute atomic E-state index is 0.0347. The molecule has 1 aromatic carbocycles. The molecule has 0 saturated carbocycles. The Morgan fingerprint density at radius 1 is 1.35 bits per heavy atom. The maximum Gasteiger partial charge on any atom is 0.245 e. The number of hydrogen-bond donors (Lipinski definition) is 0. The highest BCUT2D eigenvalue weighted by Gasteiger charge is 2.07. The molecule has 1 rings (SSSR count). The summed E-state index contributed by atoms with van der Waals surface area (Å²) in [4.78, 5) is 16.2. The fourth-order valence-electron chi connectivity index (χ4n) is 1.40. The molecule has 94 valence electrons. The second-order valence-corrected chi connectivity index (χ2v) is 4.49. The highest BCUT2D eigenvalue weighted by Crippen LogP contribution is 2.23. The molecule has 0 spiro atoms. The van der Waals surface area contributed by atoms with Gasteiger partial charge in [-0.15, -0.1) is 0 Å². The molecule has 0 aliphatic carbocycles. The minimum atomic E-state index is -0.0347. The van der Waals surface area contributed by atoms with Crippen molar-refractivity contribution in [2.45, 2.75) is 19.3 Å². The van der Waals surface area contributed by atoms with E-state index in [1.807, 2.05) is 12.1 Å². The summed E-state index contributed by atoms with van der Waals surface area (Å²) in [5, 5.41) is 2.32. The highest BCUT2D eigenvalue weighted by molar-refractivity contribution is 6.42. The van der Waals surface area contributed by atoms with Gasteiger partial charge in [0.1, 0.15) is 0 Å².